The molecule has 2 unspecified atom stereocenters. The van der Waals surface area contributed by atoms with E-state index in [9.17, 15) is 19.1 Å². The molecular formula is C25H26FNO5. The molecule has 32 heavy (non-hydrogen) atoms. The van der Waals surface area contributed by atoms with Crippen LogP contribution in [0.25, 0.3) is 27.7 Å². The first-order valence-electron chi connectivity index (χ1n) is 10.3. The summed E-state index contributed by atoms with van der Waals surface area (Å²) in [6, 6.07) is 8.70. The third-order valence-electron chi connectivity index (χ3n) is 5.60. The minimum absolute atomic E-state index is 0.208. The highest BCUT2D eigenvalue weighted by molar-refractivity contribution is 6.01. The smallest absolute Gasteiger partial charge is 0.326 e. The number of fused-ring (bicyclic) bond motifs is 1. The Hall–Kier alpha value is -3.61. The van der Waals surface area contributed by atoms with Crippen LogP contribution < -0.4 is 10.1 Å². The molecule has 1 amide bonds. The second-order valence-corrected chi connectivity index (χ2v) is 7.74. The van der Waals surface area contributed by atoms with E-state index in [4.69, 9.17) is 9.15 Å². The zero-order valence-electron chi connectivity index (χ0n) is 18.4. The van der Waals surface area contributed by atoms with Gasteiger partial charge in [0, 0.05) is 28.7 Å². The molecule has 168 valence electrons. The molecule has 0 spiro atoms. The SMILES string of the molecule is CCC(C)C(NC(=O)/C=C(\C)c1cc2c(-c3ccc(F)cc3)coc2cc1OC)C(=O)O. The van der Waals surface area contributed by atoms with Crippen molar-refractivity contribution in [1.82, 2.24) is 5.32 Å². The Labute approximate surface area is 185 Å². The average Bonchev–Trinajstić information content (AvgIpc) is 3.19. The first-order valence-corrected chi connectivity index (χ1v) is 10.3. The summed E-state index contributed by atoms with van der Waals surface area (Å²) in [4.78, 5) is 24.1. The zero-order valence-corrected chi connectivity index (χ0v) is 18.4. The van der Waals surface area contributed by atoms with Crippen LogP contribution in [0.15, 0.2) is 53.2 Å². The van der Waals surface area contributed by atoms with Crippen LogP contribution in [0.2, 0.25) is 0 Å². The maximum atomic E-state index is 13.3. The number of ether oxygens (including phenoxy) is 1. The second kappa shape index (κ2) is 9.68. The molecule has 7 heteroatoms. The first kappa shape index (κ1) is 23.1. The number of furan rings is 1. The summed E-state index contributed by atoms with van der Waals surface area (Å²) in [5.74, 6) is -1.59. The van der Waals surface area contributed by atoms with Gasteiger partial charge in [0.05, 0.1) is 13.4 Å². The minimum Gasteiger partial charge on any atom is -0.496 e. The van der Waals surface area contributed by atoms with Crippen LogP contribution in [-0.4, -0.2) is 30.1 Å². The molecule has 3 aromatic rings. The lowest BCUT2D eigenvalue weighted by Gasteiger charge is -2.19. The number of aliphatic carboxylic acids is 1. The number of benzene rings is 2. The van der Waals surface area contributed by atoms with Crippen LogP contribution in [0.1, 0.15) is 32.8 Å². The van der Waals surface area contributed by atoms with Gasteiger partial charge >= 0.3 is 5.97 Å². The molecule has 0 saturated carbocycles. The van der Waals surface area contributed by atoms with E-state index < -0.39 is 17.9 Å². The summed E-state index contributed by atoms with van der Waals surface area (Å²) in [5.41, 5.74) is 3.42. The Bertz CT molecular complexity index is 1160. The van der Waals surface area contributed by atoms with Gasteiger partial charge in [-0.05, 0) is 42.2 Å². The number of carbonyl (C=O) groups excluding carboxylic acids is 1. The zero-order chi connectivity index (χ0) is 23.4. The highest BCUT2D eigenvalue weighted by atomic mass is 19.1. The van der Waals surface area contributed by atoms with Crippen LogP contribution in [0, 0.1) is 11.7 Å². The van der Waals surface area contributed by atoms with Gasteiger partial charge in [0.1, 0.15) is 23.2 Å². The van der Waals surface area contributed by atoms with Crippen molar-refractivity contribution < 1.29 is 28.2 Å². The summed E-state index contributed by atoms with van der Waals surface area (Å²) in [7, 11) is 1.52. The van der Waals surface area contributed by atoms with Crippen molar-refractivity contribution in [2.75, 3.05) is 7.11 Å². The van der Waals surface area contributed by atoms with Gasteiger partial charge in [-0.15, -0.1) is 0 Å². The number of hydrogen-bond donors (Lipinski definition) is 2. The molecule has 0 aliphatic heterocycles. The number of allylic oxidation sites excluding steroid dienone is 1. The van der Waals surface area contributed by atoms with Gasteiger partial charge in [-0.25, -0.2) is 9.18 Å². The van der Waals surface area contributed by atoms with E-state index in [2.05, 4.69) is 5.32 Å². The third kappa shape index (κ3) is 4.82. The second-order valence-electron chi connectivity index (χ2n) is 7.74. The number of nitrogens with one attached hydrogen (secondary N) is 1. The molecule has 2 aromatic carbocycles. The van der Waals surface area contributed by atoms with Crippen LogP contribution in [-0.2, 0) is 9.59 Å². The maximum Gasteiger partial charge on any atom is 0.326 e. The van der Waals surface area contributed by atoms with Crippen LogP contribution in [0.5, 0.6) is 5.75 Å². The van der Waals surface area contributed by atoms with Gasteiger partial charge in [-0.1, -0.05) is 32.4 Å². The highest BCUT2D eigenvalue weighted by Crippen LogP contribution is 2.37. The Morgan fingerprint density at radius 1 is 1.25 bits per heavy atom. The van der Waals surface area contributed by atoms with E-state index in [1.807, 2.05) is 13.0 Å². The third-order valence-corrected chi connectivity index (χ3v) is 5.60. The number of methoxy groups -OCH3 is 1. The largest absolute Gasteiger partial charge is 0.496 e. The van der Waals surface area contributed by atoms with Crippen molar-refractivity contribution in [3.63, 3.8) is 0 Å². The van der Waals surface area contributed by atoms with Gasteiger partial charge in [0.25, 0.3) is 0 Å². The first-order chi connectivity index (χ1) is 15.2. The monoisotopic (exact) mass is 439 g/mol. The fourth-order valence-electron chi connectivity index (χ4n) is 3.54. The molecule has 3 rings (SSSR count). The molecule has 0 aliphatic carbocycles. The molecule has 0 bridgehead atoms. The van der Waals surface area contributed by atoms with E-state index in [1.165, 1.54) is 25.3 Å². The Morgan fingerprint density at radius 2 is 1.94 bits per heavy atom. The van der Waals surface area contributed by atoms with Crippen molar-refractivity contribution in [2.24, 2.45) is 5.92 Å². The number of amides is 1. The van der Waals surface area contributed by atoms with Gasteiger partial charge < -0.3 is 19.6 Å². The number of halogens is 1. The van der Waals surface area contributed by atoms with E-state index in [0.29, 0.717) is 28.9 Å². The van der Waals surface area contributed by atoms with Gasteiger partial charge in [-0.2, -0.15) is 0 Å². The number of rotatable bonds is 8. The lowest BCUT2D eigenvalue weighted by Crippen LogP contribution is -2.44. The molecule has 1 heterocycles. The predicted molar refractivity (Wildman–Crippen MR) is 121 cm³/mol. The topological polar surface area (TPSA) is 88.8 Å². The highest BCUT2D eigenvalue weighted by Gasteiger charge is 2.25. The molecule has 0 saturated heterocycles. The van der Waals surface area contributed by atoms with Crippen molar-refractivity contribution in [2.45, 2.75) is 33.2 Å². The van der Waals surface area contributed by atoms with Gasteiger partial charge in [0.2, 0.25) is 5.91 Å². The standard InChI is InChI=1S/C25H26FNO5/c1-5-14(2)24(25(29)30)27-23(28)10-15(3)18-11-19-20(16-6-8-17(26)9-7-16)13-32-22(19)12-21(18)31-4/h6-14,24H,5H2,1-4H3,(H,27,28)(H,29,30)/b15-10+. The van der Waals surface area contributed by atoms with Crippen molar-refractivity contribution in [1.29, 1.82) is 0 Å². The summed E-state index contributed by atoms with van der Waals surface area (Å²) in [6.45, 7) is 5.40. The maximum absolute atomic E-state index is 13.3. The van der Waals surface area contributed by atoms with E-state index in [1.54, 1.807) is 38.3 Å². The van der Waals surface area contributed by atoms with E-state index in [0.717, 1.165) is 16.5 Å². The number of hydrogen-bond acceptors (Lipinski definition) is 4. The Kier molecular flexibility index (Phi) is 6.98. The summed E-state index contributed by atoms with van der Waals surface area (Å²) in [6.07, 6.45) is 3.58. The molecule has 6 nitrogen and oxygen atoms in total. The molecule has 2 atom stereocenters. The minimum atomic E-state index is -1.07. The van der Waals surface area contributed by atoms with Crippen LogP contribution in [0.3, 0.4) is 0 Å². The van der Waals surface area contributed by atoms with Gasteiger partial charge in [0.15, 0.2) is 0 Å². The molecule has 0 aliphatic rings. The fraction of sp³-hybridized carbons (Fsp3) is 0.280. The molecule has 1 aromatic heterocycles. The lowest BCUT2D eigenvalue weighted by molar-refractivity contribution is -0.142. The molecular weight excluding hydrogens is 413 g/mol. The fourth-order valence-corrected chi connectivity index (χ4v) is 3.54. The normalized spacial score (nSPS) is 13.6. The van der Waals surface area contributed by atoms with Crippen LogP contribution in [0.4, 0.5) is 4.39 Å². The van der Waals surface area contributed by atoms with Crippen molar-refractivity contribution in [3.05, 3.63) is 60.1 Å². The molecule has 0 fully saturated rings. The Morgan fingerprint density at radius 3 is 2.53 bits per heavy atom. The van der Waals surface area contributed by atoms with Crippen LogP contribution >= 0.6 is 0 Å². The Balaban J connectivity index is 1.99. The number of carboxylic acids is 1. The number of carbonyl (C=O) groups is 2. The number of carboxylic acid groups (broad SMARTS) is 1. The van der Waals surface area contributed by atoms with Gasteiger partial charge in [-0.3, -0.25) is 4.79 Å². The van der Waals surface area contributed by atoms with E-state index in [-0.39, 0.29) is 11.7 Å². The van der Waals surface area contributed by atoms with Crippen molar-refractivity contribution >= 4 is 28.4 Å². The van der Waals surface area contributed by atoms with E-state index >= 15 is 0 Å². The lowest BCUT2D eigenvalue weighted by atomic mass is 9.98. The average molecular weight is 439 g/mol. The predicted octanol–water partition coefficient (Wildman–Crippen LogP) is 5.27. The molecule has 0 radical (unpaired) electrons. The van der Waals surface area contributed by atoms with Crippen molar-refractivity contribution in [3.8, 4) is 16.9 Å². The molecule has 2 N–H and O–H groups in total. The summed E-state index contributed by atoms with van der Waals surface area (Å²) < 4.78 is 24.5. The quantitative estimate of drug-likeness (QED) is 0.467. The summed E-state index contributed by atoms with van der Waals surface area (Å²) in [5, 5.41) is 12.8. The summed E-state index contributed by atoms with van der Waals surface area (Å²) >= 11 is 0.